The third kappa shape index (κ3) is 4.40. The van der Waals surface area contributed by atoms with E-state index < -0.39 is 0 Å². The number of carbonyl (C=O) groups is 1. The molecule has 9 nitrogen and oxygen atoms in total. The number of aryl methyl sites for hydroxylation is 2. The fourth-order valence-electron chi connectivity index (χ4n) is 5.21. The van der Waals surface area contributed by atoms with E-state index in [-0.39, 0.29) is 11.9 Å². The van der Waals surface area contributed by atoms with Gasteiger partial charge < -0.3 is 19.9 Å². The van der Waals surface area contributed by atoms with Crippen LogP contribution in [-0.4, -0.2) is 58.5 Å². The molecule has 0 aliphatic carbocycles. The van der Waals surface area contributed by atoms with E-state index in [0.717, 1.165) is 65.1 Å². The van der Waals surface area contributed by atoms with Gasteiger partial charge in [-0.05, 0) is 38.0 Å². The highest BCUT2D eigenvalue weighted by Gasteiger charge is 2.27. The summed E-state index contributed by atoms with van der Waals surface area (Å²) in [5, 5.41) is 14.1. The number of nitriles is 1. The van der Waals surface area contributed by atoms with Crippen LogP contribution in [0.25, 0.3) is 27.9 Å². The van der Waals surface area contributed by atoms with Crippen LogP contribution in [0.5, 0.6) is 0 Å². The zero-order valence-electron chi connectivity index (χ0n) is 21.0. The molecule has 5 rings (SSSR count). The van der Waals surface area contributed by atoms with Crippen molar-refractivity contribution in [3.05, 3.63) is 47.4 Å². The van der Waals surface area contributed by atoms with Crippen LogP contribution in [0.4, 0.5) is 0 Å². The number of ether oxygens (including phenoxy) is 1. The summed E-state index contributed by atoms with van der Waals surface area (Å²) in [6, 6.07) is 8.59. The predicted octanol–water partition coefficient (Wildman–Crippen LogP) is 2.64. The zero-order chi connectivity index (χ0) is 25.4. The molecule has 1 amide bonds. The molecule has 186 valence electrons. The highest BCUT2D eigenvalue weighted by Crippen LogP contribution is 2.32. The highest BCUT2D eigenvalue weighted by molar-refractivity contribution is 6.07. The van der Waals surface area contributed by atoms with E-state index in [2.05, 4.69) is 17.2 Å². The van der Waals surface area contributed by atoms with Crippen LogP contribution in [0.2, 0.25) is 0 Å². The lowest BCUT2D eigenvalue weighted by Gasteiger charge is -2.31. The third-order valence-electron chi connectivity index (χ3n) is 7.15. The van der Waals surface area contributed by atoms with Gasteiger partial charge in [0.25, 0.3) is 0 Å². The molecule has 0 atom stereocenters. The van der Waals surface area contributed by atoms with Gasteiger partial charge in [-0.2, -0.15) is 10.4 Å². The van der Waals surface area contributed by atoms with Gasteiger partial charge in [0.15, 0.2) is 7.05 Å². The first-order valence-electron chi connectivity index (χ1n) is 12.4. The van der Waals surface area contributed by atoms with E-state index in [4.69, 9.17) is 15.5 Å². The number of fused-ring (bicyclic) bond motifs is 1. The molecule has 2 aliphatic rings. The molecule has 3 N–H and O–H groups in total. The molecule has 1 aromatic carbocycles. The summed E-state index contributed by atoms with van der Waals surface area (Å²) in [4.78, 5) is 19.2. The van der Waals surface area contributed by atoms with Crippen molar-refractivity contribution in [3.8, 4) is 17.2 Å². The van der Waals surface area contributed by atoms with Gasteiger partial charge in [0.1, 0.15) is 5.82 Å². The van der Waals surface area contributed by atoms with Gasteiger partial charge in [0.05, 0.1) is 41.5 Å². The predicted molar refractivity (Wildman–Crippen MR) is 138 cm³/mol. The minimum Gasteiger partial charge on any atom is -0.384 e. The number of carbonyl (C=O) groups excluding carboxylic acids is 1. The second-order valence-electron chi connectivity index (χ2n) is 9.63. The van der Waals surface area contributed by atoms with Gasteiger partial charge in [-0.15, -0.1) is 4.68 Å². The topological polar surface area (TPSA) is 116 Å². The number of aromatic nitrogens is 3. The summed E-state index contributed by atoms with van der Waals surface area (Å²) in [6.07, 6.45) is 6.30. The number of hydrogen-bond donors (Lipinski definition) is 2. The Morgan fingerprint density at radius 2 is 2.08 bits per heavy atom. The van der Waals surface area contributed by atoms with E-state index >= 15 is 0 Å². The largest absolute Gasteiger partial charge is 0.384 e. The molecule has 4 heterocycles. The number of hydrogen-bond acceptors (Lipinski definition) is 5. The van der Waals surface area contributed by atoms with Crippen molar-refractivity contribution in [1.82, 2.24) is 14.6 Å². The zero-order valence-corrected chi connectivity index (χ0v) is 21.0. The second kappa shape index (κ2) is 9.63. The van der Waals surface area contributed by atoms with Gasteiger partial charge in [-0.1, -0.05) is 0 Å². The van der Waals surface area contributed by atoms with Crippen molar-refractivity contribution in [2.24, 2.45) is 17.8 Å². The first kappa shape index (κ1) is 23.8. The molecule has 2 saturated heterocycles. The number of benzene rings is 1. The lowest BCUT2D eigenvalue weighted by atomic mass is 9.99. The van der Waals surface area contributed by atoms with E-state index in [1.165, 1.54) is 0 Å². The molecular weight excluding hydrogens is 454 g/mol. The Morgan fingerprint density at radius 1 is 1.31 bits per heavy atom. The number of piperidine rings is 1. The quantitative estimate of drug-likeness (QED) is 0.554. The van der Waals surface area contributed by atoms with Crippen LogP contribution in [0, 0.1) is 18.3 Å². The lowest BCUT2D eigenvalue weighted by molar-refractivity contribution is -0.726. The Bertz CT molecular complexity index is 1430. The van der Waals surface area contributed by atoms with Crippen molar-refractivity contribution >= 4 is 28.3 Å². The van der Waals surface area contributed by atoms with Crippen molar-refractivity contribution in [3.63, 3.8) is 0 Å². The lowest BCUT2D eigenvalue weighted by Crippen LogP contribution is -2.41. The minimum absolute atomic E-state index is 0.0237. The molecule has 2 aromatic heterocycles. The second-order valence-corrected chi connectivity index (χ2v) is 9.63. The Kier molecular flexibility index (Phi) is 6.37. The summed E-state index contributed by atoms with van der Waals surface area (Å²) >= 11 is 0. The maximum Gasteiger partial charge on any atom is 0.219 e. The van der Waals surface area contributed by atoms with Crippen molar-refractivity contribution in [2.75, 3.05) is 26.3 Å². The number of likely N-dealkylation sites (tertiary alicyclic amines) is 1. The van der Waals surface area contributed by atoms with Crippen molar-refractivity contribution in [1.29, 1.82) is 5.26 Å². The number of nitrogens with two attached hydrogens (primary N) is 1. The maximum atomic E-state index is 12.2. The van der Waals surface area contributed by atoms with Crippen LogP contribution in [-0.2, 0) is 16.6 Å². The summed E-state index contributed by atoms with van der Waals surface area (Å²) in [7, 11) is 1.91. The van der Waals surface area contributed by atoms with Crippen molar-refractivity contribution < 1.29 is 14.2 Å². The van der Waals surface area contributed by atoms with Crippen molar-refractivity contribution in [2.45, 2.75) is 39.2 Å². The molecule has 2 aliphatic heterocycles. The molecule has 36 heavy (non-hydrogen) atoms. The molecule has 0 bridgehead atoms. The summed E-state index contributed by atoms with van der Waals surface area (Å²) in [5.41, 5.74) is 12.9. The fraction of sp³-hybridized carbons (Fsp3) is 0.407. The Morgan fingerprint density at radius 3 is 2.75 bits per heavy atom. The molecule has 0 unspecified atom stereocenters. The smallest absolute Gasteiger partial charge is 0.219 e. The van der Waals surface area contributed by atoms with Gasteiger partial charge in [-0.25, -0.2) is 0 Å². The number of amides is 1. The average molecular weight is 487 g/mol. The number of nitrogens with one attached hydrogen (secondary N) is 1. The number of aliphatic imine (C=N–C) groups is 1. The molecule has 0 saturated carbocycles. The van der Waals surface area contributed by atoms with Crippen LogP contribution in [0.15, 0.2) is 41.2 Å². The van der Waals surface area contributed by atoms with Crippen LogP contribution < -0.4 is 10.4 Å². The minimum atomic E-state index is 0.0237. The van der Waals surface area contributed by atoms with Gasteiger partial charge in [-0.3, -0.25) is 9.79 Å². The molecule has 3 aromatic rings. The Hall–Kier alpha value is -3.90. The SMILES string of the molecule is CC(=O)N1CCC(=NC2CCOCC2)C(=C(N)n2c(C)cc3cc(-c4c[nH][n+](C)c4)c(C#N)cc32)C1. The summed E-state index contributed by atoms with van der Waals surface area (Å²) in [6.45, 7) is 6.09. The Balaban J connectivity index is 1.65. The van der Waals surface area contributed by atoms with E-state index in [1.54, 1.807) is 6.92 Å². The van der Waals surface area contributed by atoms with Crippen LogP contribution in [0.3, 0.4) is 0 Å². The van der Waals surface area contributed by atoms with Gasteiger partial charge >= 0.3 is 0 Å². The number of aromatic amines is 1. The van der Waals surface area contributed by atoms with Gasteiger partial charge in [0.2, 0.25) is 12.1 Å². The number of H-pyrrole nitrogens is 1. The molecule has 0 radical (unpaired) electrons. The number of nitrogens with zero attached hydrogens (tertiary/aromatic N) is 5. The summed E-state index contributed by atoms with van der Waals surface area (Å²) in [5.74, 6) is 0.583. The van der Waals surface area contributed by atoms with Gasteiger partial charge in [0, 0.05) is 61.0 Å². The van der Waals surface area contributed by atoms with Crippen LogP contribution >= 0.6 is 0 Å². The first-order valence-corrected chi connectivity index (χ1v) is 12.4. The monoisotopic (exact) mass is 486 g/mol. The van der Waals surface area contributed by atoms with E-state index in [1.807, 2.05) is 52.6 Å². The maximum absolute atomic E-state index is 12.2. The molecule has 0 spiro atoms. The third-order valence-corrected chi connectivity index (χ3v) is 7.15. The number of rotatable bonds is 3. The Labute approximate surface area is 210 Å². The van der Waals surface area contributed by atoms with Crippen LogP contribution in [0.1, 0.15) is 37.4 Å². The fourth-order valence-corrected chi connectivity index (χ4v) is 5.21. The standard InChI is InChI=1S/C27H31N7O2/c1-17-10-19-11-23(21-14-30-32(3)15-21)20(13-28)12-26(19)34(17)27(29)24-16-33(18(2)35)7-4-25(24)31-22-5-8-36-9-6-22/h10-12,14-15,22H,4-9,16H2,1-3H3,(H2,29,31)/p+1. The van der Waals surface area contributed by atoms with E-state index in [0.29, 0.717) is 30.9 Å². The van der Waals surface area contributed by atoms with E-state index in [9.17, 15) is 10.1 Å². The molecular formula is C27H32N7O2+. The normalized spacial score (nSPS) is 19.6. The summed E-state index contributed by atoms with van der Waals surface area (Å²) < 4.78 is 9.35. The molecule has 2 fully saturated rings. The molecule has 9 heteroatoms. The average Bonchev–Trinajstić information content (AvgIpc) is 3.45. The first-order chi connectivity index (χ1) is 17.4. The highest BCUT2D eigenvalue weighted by atomic mass is 16.5.